The van der Waals surface area contributed by atoms with E-state index in [1.165, 1.54) is 0 Å². The third kappa shape index (κ3) is 5.60. The van der Waals surface area contributed by atoms with Crippen molar-refractivity contribution in [1.82, 2.24) is 14.4 Å². The molecule has 1 amide bonds. The molecular formula is C25H31ClN4O2. The highest BCUT2D eigenvalue weighted by Gasteiger charge is 2.24. The normalized spacial score (nSPS) is 16.1. The number of nitriles is 1. The second kappa shape index (κ2) is 10.8. The van der Waals surface area contributed by atoms with Crippen molar-refractivity contribution in [3.05, 3.63) is 63.4 Å². The first-order valence-electron chi connectivity index (χ1n) is 10.9. The zero-order valence-corrected chi connectivity index (χ0v) is 20.0. The van der Waals surface area contributed by atoms with Crippen LogP contribution < -0.4 is 0 Å². The average Bonchev–Trinajstić information content (AvgIpc) is 3.05. The van der Waals surface area contributed by atoms with Crippen LogP contribution in [0, 0.1) is 25.2 Å². The van der Waals surface area contributed by atoms with Gasteiger partial charge in [-0.2, -0.15) is 5.26 Å². The Hall–Kier alpha value is -2.59. The molecule has 1 unspecified atom stereocenters. The molecule has 170 valence electrons. The van der Waals surface area contributed by atoms with Crippen molar-refractivity contribution in [3.8, 4) is 6.07 Å². The van der Waals surface area contributed by atoms with Crippen LogP contribution in [0.25, 0.3) is 6.08 Å². The summed E-state index contributed by atoms with van der Waals surface area (Å²) in [5.41, 5.74) is 4.34. The summed E-state index contributed by atoms with van der Waals surface area (Å²) in [5.74, 6) is -0.204. The zero-order chi connectivity index (χ0) is 23.3. The maximum atomic E-state index is 13.1. The number of carbonyl (C=O) groups is 1. The van der Waals surface area contributed by atoms with E-state index in [-0.39, 0.29) is 17.5 Å². The lowest BCUT2D eigenvalue weighted by Gasteiger charge is -2.34. The van der Waals surface area contributed by atoms with Gasteiger partial charge in [0.2, 0.25) is 0 Å². The molecule has 0 N–H and O–H groups in total. The standard InChI is InChI=1S/C25H31ClN4O2/c1-18-12-22(20(3)30(18)19(2)17-32-4)14-23(15-27)25(31)29-10-8-28(9-11-29)16-21-6-5-7-24(26)13-21/h5-7,12-14,19H,8-11,16-17H2,1-4H3. The van der Waals surface area contributed by atoms with Crippen LogP contribution in [0.15, 0.2) is 35.9 Å². The van der Waals surface area contributed by atoms with Gasteiger partial charge in [0.1, 0.15) is 11.6 Å². The van der Waals surface area contributed by atoms with Crippen molar-refractivity contribution in [2.45, 2.75) is 33.4 Å². The van der Waals surface area contributed by atoms with E-state index in [2.05, 4.69) is 28.5 Å². The van der Waals surface area contributed by atoms with Crippen molar-refractivity contribution in [3.63, 3.8) is 0 Å². The number of aromatic nitrogens is 1. The van der Waals surface area contributed by atoms with E-state index in [1.54, 1.807) is 18.1 Å². The van der Waals surface area contributed by atoms with Crippen molar-refractivity contribution >= 4 is 23.6 Å². The number of hydrogen-bond donors (Lipinski definition) is 0. The summed E-state index contributed by atoms with van der Waals surface area (Å²) in [6, 6.07) is 12.2. The van der Waals surface area contributed by atoms with Crippen LogP contribution in [0.4, 0.5) is 0 Å². The number of benzene rings is 1. The second-order valence-electron chi connectivity index (χ2n) is 8.37. The first-order valence-corrected chi connectivity index (χ1v) is 11.3. The van der Waals surface area contributed by atoms with E-state index in [1.807, 2.05) is 38.1 Å². The molecule has 6 nitrogen and oxygen atoms in total. The Kier molecular flexibility index (Phi) is 8.14. The lowest BCUT2D eigenvalue weighted by molar-refractivity contribution is -0.128. The third-order valence-electron chi connectivity index (χ3n) is 5.98. The fraction of sp³-hybridized carbons (Fsp3) is 0.440. The SMILES string of the molecule is COCC(C)n1c(C)cc(C=C(C#N)C(=O)N2CCN(Cc3cccc(Cl)c3)CC2)c1C. The van der Waals surface area contributed by atoms with Gasteiger partial charge in [-0.15, -0.1) is 0 Å². The van der Waals surface area contributed by atoms with E-state index in [0.717, 1.165) is 47.2 Å². The molecule has 32 heavy (non-hydrogen) atoms. The summed E-state index contributed by atoms with van der Waals surface area (Å²) in [5, 5.41) is 10.4. The highest BCUT2D eigenvalue weighted by molar-refractivity contribution is 6.30. The first kappa shape index (κ1) is 24.1. The van der Waals surface area contributed by atoms with Gasteiger partial charge >= 0.3 is 0 Å². The molecule has 0 bridgehead atoms. The Bertz CT molecular complexity index is 1030. The van der Waals surface area contributed by atoms with Crippen LogP contribution in [-0.2, 0) is 16.1 Å². The van der Waals surface area contributed by atoms with Crippen LogP contribution in [0.1, 0.15) is 35.5 Å². The van der Waals surface area contributed by atoms with Gasteiger partial charge in [0.25, 0.3) is 5.91 Å². The van der Waals surface area contributed by atoms with Crippen molar-refractivity contribution in [2.75, 3.05) is 39.9 Å². The summed E-state index contributed by atoms with van der Waals surface area (Å²) in [4.78, 5) is 17.1. The van der Waals surface area contributed by atoms with Gasteiger partial charge in [0, 0.05) is 56.2 Å². The largest absolute Gasteiger partial charge is 0.383 e. The van der Waals surface area contributed by atoms with Crippen molar-refractivity contribution in [2.24, 2.45) is 0 Å². The molecular weight excluding hydrogens is 424 g/mol. The van der Waals surface area contributed by atoms with E-state index in [0.29, 0.717) is 19.7 Å². The topological polar surface area (TPSA) is 61.5 Å². The Morgan fingerprint density at radius 3 is 2.59 bits per heavy atom. The number of aryl methyl sites for hydroxylation is 1. The molecule has 1 aliphatic heterocycles. The van der Waals surface area contributed by atoms with E-state index < -0.39 is 0 Å². The smallest absolute Gasteiger partial charge is 0.264 e. The highest BCUT2D eigenvalue weighted by atomic mass is 35.5. The predicted octanol–water partition coefficient (Wildman–Crippen LogP) is 4.22. The van der Waals surface area contributed by atoms with Crippen LogP contribution in [-0.4, -0.2) is 60.2 Å². The number of rotatable bonds is 7. The Morgan fingerprint density at radius 1 is 1.25 bits per heavy atom. The second-order valence-corrected chi connectivity index (χ2v) is 8.81. The van der Waals surface area contributed by atoms with E-state index in [4.69, 9.17) is 16.3 Å². The van der Waals surface area contributed by atoms with Crippen LogP contribution in [0.3, 0.4) is 0 Å². The van der Waals surface area contributed by atoms with E-state index in [9.17, 15) is 10.1 Å². The molecule has 2 aromatic rings. The molecule has 1 atom stereocenters. The predicted molar refractivity (Wildman–Crippen MR) is 127 cm³/mol. The summed E-state index contributed by atoms with van der Waals surface area (Å²) in [6.45, 7) is 10.3. The maximum absolute atomic E-state index is 13.1. The summed E-state index contributed by atoms with van der Waals surface area (Å²) in [6.07, 6.45) is 1.72. The van der Waals surface area contributed by atoms with Crippen LogP contribution in [0.2, 0.25) is 5.02 Å². The number of methoxy groups -OCH3 is 1. The summed E-state index contributed by atoms with van der Waals surface area (Å²) in [7, 11) is 1.69. The fourth-order valence-corrected chi connectivity index (χ4v) is 4.63. The van der Waals surface area contributed by atoms with Gasteiger partial charge in [-0.1, -0.05) is 23.7 Å². The molecule has 2 heterocycles. The maximum Gasteiger partial charge on any atom is 0.264 e. The van der Waals surface area contributed by atoms with Gasteiger partial charge in [-0.3, -0.25) is 9.69 Å². The van der Waals surface area contributed by atoms with Gasteiger partial charge in [-0.25, -0.2) is 0 Å². The molecule has 7 heteroatoms. The number of nitrogens with zero attached hydrogens (tertiary/aromatic N) is 4. The van der Waals surface area contributed by atoms with E-state index >= 15 is 0 Å². The third-order valence-corrected chi connectivity index (χ3v) is 6.21. The summed E-state index contributed by atoms with van der Waals surface area (Å²) >= 11 is 6.08. The Labute approximate surface area is 195 Å². The number of hydrogen-bond acceptors (Lipinski definition) is 4. The zero-order valence-electron chi connectivity index (χ0n) is 19.3. The van der Waals surface area contributed by atoms with Gasteiger partial charge in [0.15, 0.2) is 0 Å². The molecule has 1 aliphatic rings. The minimum absolute atomic E-state index is 0.174. The van der Waals surface area contributed by atoms with Crippen LogP contribution in [0.5, 0.6) is 0 Å². The lowest BCUT2D eigenvalue weighted by Crippen LogP contribution is -2.48. The quantitative estimate of drug-likeness (QED) is 0.464. The van der Waals surface area contributed by atoms with Gasteiger partial charge < -0.3 is 14.2 Å². The number of carbonyl (C=O) groups excluding carboxylic acids is 1. The highest BCUT2D eigenvalue weighted by Crippen LogP contribution is 2.23. The van der Waals surface area contributed by atoms with Crippen molar-refractivity contribution < 1.29 is 9.53 Å². The molecule has 1 aromatic carbocycles. The monoisotopic (exact) mass is 454 g/mol. The fourth-order valence-electron chi connectivity index (χ4n) is 4.41. The molecule has 0 aliphatic carbocycles. The lowest BCUT2D eigenvalue weighted by atomic mass is 10.1. The number of amides is 1. The minimum Gasteiger partial charge on any atom is -0.383 e. The summed E-state index contributed by atoms with van der Waals surface area (Å²) < 4.78 is 7.47. The molecule has 0 spiro atoms. The average molecular weight is 455 g/mol. The van der Waals surface area contributed by atoms with Crippen LogP contribution >= 0.6 is 11.6 Å². The molecule has 0 radical (unpaired) electrons. The molecule has 3 rings (SSSR count). The Morgan fingerprint density at radius 2 is 1.97 bits per heavy atom. The van der Waals surface area contributed by atoms with Gasteiger partial charge in [-0.05, 0) is 56.2 Å². The Balaban J connectivity index is 1.67. The minimum atomic E-state index is -0.204. The molecule has 1 fully saturated rings. The number of ether oxygens (including phenoxy) is 1. The first-order chi connectivity index (χ1) is 15.3. The number of piperazine rings is 1. The number of halogens is 1. The molecule has 1 saturated heterocycles. The van der Waals surface area contributed by atoms with Gasteiger partial charge in [0.05, 0.1) is 12.6 Å². The molecule has 0 saturated carbocycles. The van der Waals surface area contributed by atoms with Crippen molar-refractivity contribution in [1.29, 1.82) is 5.26 Å². The molecule has 1 aromatic heterocycles.